The number of hydrogen-bond acceptors (Lipinski definition) is 3. The highest BCUT2D eigenvalue weighted by atomic mass is 16.5. The lowest BCUT2D eigenvalue weighted by atomic mass is 9.88. The van der Waals surface area contributed by atoms with Crippen molar-refractivity contribution in [2.24, 2.45) is 5.92 Å². The van der Waals surface area contributed by atoms with E-state index in [1.807, 2.05) is 6.08 Å². The third-order valence-electron chi connectivity index (χ3n) is 2.42. The summed E-state index contributed by atoms with van der Waals surface area (Å²) in [4.78, 5) is 22.7. The molecule has 0 heterocycles. The van der Waals surface area contributed by atoms with Gasteiger partial charge < -0.3 is 4.74 Å². The molecule has 0 aromatic heterocycles. The topological polar surface area (TPSA) is 43.4 Å². The van der Waals surface area contributed by atoms with Crippen molar-refractivity contribution in [2.45, 2.75) is 26.2 Å². The Hall–Kier alpha value is -1.38. The Kier molecular flexibility index (Phi) is 4.28. The molecule has 3 heteroatoms. The summed E-state index contributed by atoms with van der Waals surface area (Å²) in [6, 6.07) is 0. The second-order valence-corrected chi connectivity index (χ2v) is 3.61. The van der Waals surface area contributed by atoms with Gasteiger partial charge in [0.1, 0.15) is 0 Å². The van der Waals surface area contributed by atoms with Crippen LogP contribution in [-0.4, -0.2) is 18.4 Å². The summed E-state index contributed by atoms with van der Waals surface area (Å²) in [5.41, 5.74) is 0.394. The molecule has 1 atom stereocenters. The van der Waals surface area contributed by atoms with Gasteiger partial charge in [0.15, 0.2) is 5.78 Å². The Balaban J connectivity index is 2.47. The zero-order chi connectivity index (χ0) is 11.3. The Labute approximate surface area is 89.8 Å². The largest absolute Gasteiger partial charge is 0.463 e. The van der Waals surface area contributed by atoms with Gasteiger partial charge in [-0.1, -0.05) is 12.7 Å². The van der Waals surface area contributed by atoms with Crippen LogP contribution in [0.4, 0.5) is 0 Å². The van der Waals surface area contributed by atoms with Crippen molar-refractivity contribution in [3.63, 3.8) is 0 Å². The summed E-state index contributed by atoms with van der Waals surface area (Å²) < 4.78 is 4.81. The molecule has 0 N–H and O–H groups in total. The van der Waals surface area contributed by atoms with Crippen LogP contribution in [0.25, 0.3) is 0 Å². The molecule has 0 saturated carbocycles. The highest BCUT2D eigenvalue weighted by Crippen LogP contribution is 2.22. The van der Waals surface area contributed by atoms with E-state index in [1.165, 1.54) is 0 Å². The van der Waals surface area contributed by atoms with Gasteiger partial charge in [-0.15, -0.1) is 0 Å². The van der Waals surface area contributed by atoms with Crippen molar-refractivity contribution in [3.8, 4) is 0 Å². The first kappa shape index (κ1) is 11.7. The smallest absolute Gasteiger partial charge is 0.333 e. The average molecular weight is 208 g/mol. The van der Waals surface area contributed by atoms with Gasteiger partial charge in [0, 0.05) is 11.5 Å². The maximum absolute atomic E-state index is 11.4. The molecule has 1 rings (SSSR count). The SMILES string of the molecule is C=C(CC1CCC=CC1=O)C(=O)OCC. The van der Waals surface area contributed by atoms with E-state index in [0.29, 0.717) is 18.6 Å². The summed E-state index contributed by atoms with van der Waals surface area (Å²) in [5.74, 6) is -0.390. The van der Waals surface area contributed by atoms with E-state index >= 15 is 0 Å². The molecular weight excluding hydrogens is 192 g/mol. The number of esters is 1. The van der Waals surface area contributed by atoms with E-state index in [-0.39, 0.29) is 17.7 Å². The number of ketones is 1. The number of carbonyl (C=O) groups excluding carboxylic acids is 2. The van der Waals surface area contributed by atoms with Crippen molar-refractivity contribution in [1.29, 1.82) is 0 Å². The van der Waals surface area contributed by atoms with Gasteiger partial charge in [0.25, 0.3) is 0 Å². The zero-order valence-corrected chi connectivity index (χ0v) is 8.99. The lowest BCUT2D eigenvalue weighted by Gasteiger charge is -2.16. The molecule has 15 heavy (non-hydrogen) atoms. The molecule has 82 valence electrons. The van der Waals surface area contributed by atoms with Crippen LogP contribution in [0.2, 0.25) is 0 Å². The average Bonchev–Trinajstić information content (AvgIpc) is 2.21. The van der Waals surface area contributed by atoms with Crippen LogP contribution < -0.4 is 0 Å². The van der Waals surface area contributed by atoms with E-state index < -0.39 is 0 Å². The third kappa shape index (κ3) is 3.35. The lowest BCUT2D eigenvalue weighted by molar-refractivity contribution is -0.138. The number of ether oxygens (including phenoxy) is 1. The maximum Gasteiger partial charge on any atom is 0.333 e. The van der Waals surface area contributed by atoms with E-state index in [0.717, 1.165) is 12.8 Å². The Morgan fingerprint density at radius 3 is 3.00 bits per heavy atom. The summed E-state index contributed by atoms with van der Waals surface area (Å²) >= 11 is 0. The second-order valence-electron chi connectivity index (χ2n) is 3.61. The molecule has 0 fully saturated rings. The van der Waals surface area contributed by atoms with Gasteiger partial charge in [0.2, 0.25) is 0 Å². The summed E-state index contributed by atoms with van der Waals surface area (Å²) in [6.45, 7) is 5.74. The molecule has 0 bridgehead atoms. The van der Waals surface area contributed by atoms with Crippen LogP contribution in [0.3, 0.4) is 0 Å². The summed E-state index contributed by atoms with van der Waals surface area (Å²) in [5, 5.41) is 0. The molecule has 0 amide bonds. The van der Waals surface area contributed by atoms with Crippen LogP contribution in [0.1, 0.15) is 26.2 Å². The van der Waals surface area contributed by atoms with Gasteiger partial charge in [-0.05, 0) is 32.3 Å². The minimum atomic E-state index is -0.389. The van der Waals surface area contributed by atoms with Crippen molar-refractivity contribution in [1.82, 2.24) is 0 Å². The first-order chi connectivity index (χ1) is 7.15. The maximum atomic E-state index is 11.4. The van der Waals surface area contributed by atoms with Crippen LogP contribution in [0.15, 0.2) is 24.3 Å². The first-order valence-electron chi connectivity index (χ1n) is 5.20. The molecule has 0 spiro atoms. The quantitative estimate of drug-likeness (QED) is 0.524. The molecule has 3 nitrogen and oxygen atoms in total. The van der Waals surface area contributed by atoms with Gasteiger partial charge in [-0.2, -0.15) is 0 Å². The van der Waals surface area contributed by atoms with Crippen LogP contribution in [-0.2, 0) is 14.3 Å². The van der Waals surface area contributed by atoms with Crippen LogP contribution >= 0.6 is 0 Å². The highest BCUT2D eigenvalue weighted by molar-refractivity contribution is 5.94. The van der Waals surface area contributed by atoms with Gasteiger partial charge in [-0.25, -0.2) is 4.79 Å². The predicted octanol–water partition coefficient (Wildman–Crippen LogP) is 2.03. The molecule has 0 aliphatic heterocycles. The molecule has 1 aliphatic carbocycles. The van der Waals surface area contributed by atoms with Crippen LogP contribution in [0.5, 0.6) is 0 Å². The zero-order valence-electron chi connectivity index (χ0n) is 8.99. The van der Waals surface area contributed by atoms with Gasteiger partial charge in [0.05, 0.1) is 6.61 Å². The van der Waals surface area contributed by atoms with Crippen molar-refractivity contribution < 1.29 is 14.3 Å². The standard InChI is InChI=1S/C12H16O3/c1-3-15-12(14)9(2)8-10-6-4-5-7-11(10)13/h5,7,10H,2-4,6,8H2,1H3. The lowest BCUT2D eigenvalue weighted by Crippen LogP contribution is -2.18. The molecule has 0 aromatic carbocycles. The Morgan fingerprint density at radius 2 is 2.40 bits per heavy atom. The molecule has 1 unspecified atom stereocenters. The minimum absolute atomic E-state index is 0.0895. The molecule has 0 saturated heterocycles. The monoisotopic (exact) mass is 208 g/mol. The molecular formula is C12H16O3. The van der Waals surface area contributed by atoms with Gasteiger partial charge in [-0.3, -0.25) is 4.79 Å². The normalized spacial score (nSPS) is 20.1. The minimum Gasteiger partial charge on any atom is -0.463 e. The Bertz CT molecular complexity index is 302. The number of carbonyl (C=O) groups is 2. The van der Waals surface area contributed by atoms with Crippen molar-refractivity contribution >= 4 is 11.8 Å². The fourth-order valence-corrected chi connectivity index (χ4v) is 1.59. The first-order valence-corrected chi connectivity index (χ1v) is 5.20. The molecule has 0 aromatic rings. The predicted molar refractivity (Wildman–Crippen MR) is 57.3 cm³/mol. The number of allylic oxidation sites excluding steroid dienone is 2. The van der Waals surface area contributed by atoms with E-state index in [4.69, 9.17) is 4.74 Å². The summed E-state index contributed by atoms with van der Waals surface area (Å²) in [7, 11) is 0. The second kappa shape index (κ2) is 5.49. The number of hydrogen-bond donors (Lipinski definition) is 0. The highest BCUT2D eigenvalue weighted by Gasteiger charge is 2.22. The van der Waals surface area contributed by atoms with Crippen molar-refractivity contribution in [3.05, 3.63) is 24.3 Å². The Morgan fingerprint density at radius 1 is 1.67 bits per heavy atom. The van der Waals surface area contributed by atoms with E-state index in [9.17, 15) is 9.59 Å². The van der Waals surface area contributed by atoms with Crippen molar-refractivity contribution in [2.75, 3.05) is 6.61 Å². The van der Waals surface area contributed by atoms with Gasteiger partial charge >= 0.3 is 5.97 Å². The van der Waals surface area contributed by atoms with Crippen LogP contribution in [0, 0.1) is 5.92 Å². The summed E-state index contributed by atoms with van der Waals surface area (Å²) in [6.07, 6.45) is 5.57. The van der Waals surface area contributed by atoms with E-state index in [1.54, 1.807) is 13.0 Å². The number of rotatable bonds is 4. The van der Waals surface area contributed by atoms with E-state index in [2.05, 4.69) is 6.58 Å². The molecule has 0 radical (unpaired) electrons. The fourth-order valence-electron chi connectivity index (χ4n) is 1.59. The fraction of sp³-hybridized carbons (Fsp3) is 0.500. The third-order valence-corrected chi connectivity index (χ3v) is 2.42. The molecule has 1 aliphatic rings.